The van der Waals surface area contributed by atoms with Crippen molar-refractivity contribution in [3.05, 3.63) is 186 Å². The second kappa shape index (κ2) is 11.1. The van der Waals surface area contributed by atoms with Gasteiger partial charge in [0.2, 0.25) is 0 Å². The molecule has 53 heavy (non-hydrogen) atoms. The zero-order valence-electron chi connectivity index (χ0n) is 29.3. The number of benzene rings is 7. The lowest BCUT2D eigenvalue weighted by Crippen LogP contribution is -2.33. The highest BCUT2D eigenvalue weighted by Crippen LogP contribution is 2.53. The molecule has 0 radical (unpaired) electrons. The van der Waals surface area contributed by atoms with Crippen LogP contribution >= 0.6 is 0 Å². The highest BCUT2D eigenvalue weighted by molar-refractivity contribution is 6.18. The molecule has 0 bridgehead atoms. The first-order valence-electron chi connectivity index (χ1n) is 18.2. The third kappa shape index (κ3) is 4.44. The third-order valence-corrected chi connectivity index (χ3v) is 11.3. The maximum absolute atomic E-state index is 6.69. The second-order valence-corrected chi connectivity index (χ2v) is 14.6. The quantitative estimate of drug-likeness (QED) is 0.201. The summed E-state index contributed by atoms with van der Waals surface area (Å²) >= 11 is 0. The first kappa shape index (κ1) is 30.0. The fourth-order valence-electron chi connectivity index (χ4n) is 8.70. The van der Waals surface area contributed by atoms with Crippen molar-refractivity contribution in [2.75, 3.05) is 0 Å². The lowest BCUT2D eigenvalue weighted by molar-refractivity contribution is 0.661. The average Bonchev–Trinajstić information content (AvgIpc) is 3.83. The molecule has 1 unspecified atom stereocenters. The number of aromatic nitrogens is 1. The summed E-state index contributed by atoms with van der Waals surface area (Å²) in [6, 6.07) is 55.8. The molecular weight excluding hydrogens is 649 g/mol. The van der Waals surface area contributed by atoms with Crippen LogP contribution in [0.1, 0.15) is 47.8 Å². The molecule has 2 aromatic heterocycles. The molecule has 11 rings (SSSR count). The number of nitrogens with zero attached hydrogens (tertiary/aromatic N) is 3. The molecule has 1 N–H and O–H groups in total. The molecule has 252 valence electrons. The van der Waals surface area contributed by atoms with Gasteiger partial charge in [0.25, 0.3) is 0 Å². The Balaban J connectivity index is 1.06. The number of fused-ring (bicyclic) bond motifs is 10. The van der Waals surface area contributed by atoms with Crippen LogP contribution < -0.4 is 5.32 Å². The molecule has 7 aromatic carbocycles. The number of nitrogens with one attached hydrogen (secondary N) is 1. The van der Waals surface area contributed by atoms with Gasteiger partial charge in [-0.2, -0.15) is 0 Å². The Morgan fingerprint density at radius 2 is 1.32 bits per heavy atom. The summed E-state index contributed by atoms with van der Waals surface area (Å²) in [5.41, 5.74) is 13.5. The molecule has 1 atom stereocenters. The molecule has 0 amide bonds. The molecule has 1 aliphatic carbocycles. The van der Waals surface area contributed by atoms with Gasteiger partial charge in [0.05, 0.1) is 11.0 Å². The minimum absolute atomic E-state index is 0.0635. The van der Waals surface area contributed by atoms with E-state index in [1.165, 1.54) is 44.1 Å². The molecular formula is C48H34N4O. The van der Waals surface area contributed by atoms with Crippen molar-refractivity contribution in [2.24, 2.45) is 9.98 Å². The van der Waals surface area contributed by atoms with E-state index >= 15 is 0 Å². The van der Waals surface area contributed by atoms with Gasteiger partial charge < -0.3 is 14.3 Å². The molecule has 5 nitrogen and oxygen atoms in total. The standard InChI is InChI=1S/C48H34N4O/c1-48(2)37-19-11-9-17-35(37)43-38(48)25-26-40-44(43)36-18-10-12-20-39(36)52(40)32-22-24-34-33-23-21-31(27-41(33)53-42(34)28-32)47-50-45(29-13-5-3-6-14-29)49-46(51-47)30-15-7-4-8-16-30/h3-28,45H,1-2H3,(H,49,50,51). The van der Waals surface area contributed by atoms with Crippen LogP contribution in [0.2, 0.25) is 0 Å². The number of aliphatic imine (C=N–C) groups is 2. The SMILES string of the molecule is CC1(C)c2ccccc2-c2c1ccc1c2c2ccccc2n1-c1ccc2c(c1)oc1cc(C3=NC(c4ccccc4)NC(c4ccccc4)=N3)ccc12. The van der Waals surface area contributed by atoms with Crippen LogP contribution in [-0.2, 0) is 5.41 Å². The summed E-state index contributed by atoms with van der Waals surface area (Å²) in [7, 11) is 0. The highest BCUT2D eigenvalue weighted by atomic mass is 16.3. The van der Waals surface area contributed by atoms with Crippen molar-refractivity contribution < 1.29 is 4.42 Å². The Morgan fingerprint density at radius 3 is 2.17 bits per heavy atom. The van der Waals surface area contributed by atoms with Crippen molar-refractivity contribution in [1.29, 1.82) is 0 Å². The molecule has 0 fully saturated rings. The van der Waals surface area contributed by atoms with Gasteiger partial charge in [-0.3, -0.25) is 0 Å². The van der Waals surface area contributed by atoms with Gasteiger partial charge in [-0.25, -0.2) is 9.98 Å². The van der Waals surface area contributed by atoms with Crippen LogP contribution in [0.3, 0.4) is 0 Å². The first-order valence-corrected chi connectivity index (χ1v) is 18.2. The van der Waals surface area contributed by atoms with Gasteiger partial charge in [0.1, 0.15) is 23.2 Å². The van der Waals surface area contributed by atoms with Crippen LogP contribution in [0, 0.1) is 0 Å². The number of hydrogen-bond acceptors (Lipinski definition) is 4. The van der Waals surface area contributed by atoms with Crippen molar-refractivity contribution in [3.63, 3.8) is 0 Å². The Bertz CT molecular complexity index is 3000. The molecule has 2 aliphatic rings. The second-order valence-electron chi connectivity index (χ2n) is 14.6. The van der Waals surface area contributed by atoms with Gasteiger partial charge in [0.15, 0.2) is 5.84 Å². The predicted molar refractivity (Wildman–Crippen MR) is 217 cm³/mol. The molecule has 0 saturated carbocycles. The molecule has 3 heterocycles. The van der Waals surface area contributed by atoms with E-state index in [-0.39, 0.29) is 11.6 Å². The van der Waals surface area contributed by atoms with E-state index in [4.69, 9.17) is 14.4 Å². The molecule has 5 heteroatoms. The first-order chi connectivity index (χ1) is 26.0. The lowest BCUT2D eigenvalue weighted by atomic mass is 9.82. The zero-order chi connectivity index (χ0) is 35.3. The van der Waals surface area contributed by atoms with E-state index in [1.807, 2.05) is 36.4 Å². The highest BCUT2D eigenvalue weighted by Gasteiger charge is 2.37. The minimum atomic E-state index is -0.264. The number of rotatable bonds is 4. The fraction of sp³-hybridized carbons (Fsp3) is 0.0833. The fourth-order valence-corrected chi connectivity index (χ4v) is 8.70. The Kier molecular flexibility index (Phi) is 6.30. The summed E-state index contributed by atoms with van der Waals surface area (Å²) in [4.78, 5) is 10.1. The summed E-state index contributed by atoms with van der Waals surface area (Å²) in [5.74, 6) is 1.46. The van der Waals surface area contributed by atoms with E-state index in [9.17, 15) is 0 Å². The molecule has 9 aromatic rings. The van der Waals surface area contributed by atoms with Crippen molar-refractivity contribution >= 4 is 55.4 Å². The minimum Gasteiger partial charge on any atom is -0.456 e. The predicted octanol–water partition coefficient (Wildman–Crippen LogP) is 11.5. The largest absolute Gasteiger partial charge is 0.456 e. The number of hydrogen-bond donors (Lipinski definition) is 1. The molecule has 0 saturated heterocycles. The summed E-state index contributed by atoms with van der Waals surface area (Å²) in [5, 5.41) is 8.25. The van der Waals surface area contributed by atoms with Gasteiger partial charge >= 0.3 is 0 Å². The van der Waals surface area contributed by atoms with Crippen molar-refractivity contribution in [1.82, 2.24) is 9.88 Å². The van der Waals surface area contributed by atoms with E-state index in [0.717, 1.165) is 50.2 Å². The number of furan rings is 1. The summed E-state index contributed by atoms with van der Waals surface area (Å²) in [6.07, 6.45) is -0.264. The van der Waals surface area contributed by atoms with Crippen LogP contribution in [0.5, 0.6) is 0 Å². The average molecular weight is 683 g/mol. The number of amidine groups is 2. The molecule has 0 spiro atoms. The third-order valence-electron chi connectivity index (χ3n) is 11.3. The van der Waals surface area contributed by atoms with Gasteiger partial charge in [-0.15, -0.1) is 0 Å². The maximum Gasteiger partial charge on any atom is 0.159 e. The monoisotopic (exact) mass is 682 g/mol. The lowest BCUT2D eigenvalue weighted by Gasteiger charge is -2.23. The zero-order valence-corrected chi connectivity index (χ0v) is 29.3. The van der Waals surface area contributed by atoms with Crippen LogP contribution in [0.15, 0.2) is 172 Å². The Hall–Kier alpha value is -6.72. The van der Waals surface area contributed by atoms with Crippen LogP contribution in [0.25, 0.3) is 60.6 Å². The van der Waals surface area contributed by atoms with Crippen molar-refractivity contribution in [3.8, 4) is 16.8 Å². The van der Waals surface area contributed by atoms with E-state index in [0.29, 0.717) is 5.84 Å². The smallest absolute Gasteiger partial charge is 0.159 e. The van der Waals surface area contributed by atoms with Crippen LogP contribution in [0.4, 0.5) is 0 Å². The van der Waals surface area contributed by atoms with Gasteiger partial charge in [-0.1, -0.05) is 129 Å². The van der Waals surface area contributed by atoms with E-state index in [2.05, 4.69) is 145 Å². The Morgan fingerprint density at radius 1 is 0.604 bits per heavy atom. The van der Waals surface area contributed by atoms with E-state index < -0.39 is 0 Å². The maximum atomic E-state index is 6.69. The Labute approximate surface area is 306 Å². The molecule has 1 aliphatic heterocycles. The van der Waals surface area contributed by atoms with Gasteiger partial charge in [0, 0.05) is 49.8 Å². The topological polar surface area (TPSA) is 54.8 Å². The summed E-state index contributed by atoms with van der Waals surface area (Å²) in [6.45, 7) is 4.69. The summed E-state index contributed by atoms with van der Waals surface area (Å²) < 4.78 is 9.08. The normalized spacial score (nSPS) is 16.1. The van der Waals surface area contributed by atoms with Crippen LogP contribution in [-0.4, -0.2) is 16.2 Å². The van der Waals surface area contributed by atoms with Gasteiger partial charge in [-0.05, 0) is 64.2 Å². The van der Waals surface area contributed by atoms with Crippen molar-refractivity contribution in [2.45, 2.75) is 25.4 Å². The van der Waals surface area contributed by atoms with E-state index in [1.54, 1.807) is 0 Å². The number of para-hydroxylation sites is 1.